The number of carbonyl (C=O) groups excluding carboxylic acids is 1. The molecule has 0 aliphatic heterocycles. The van der Waals surface area contributed by atoms with Crippen molar-refractivity contribution in [2.45, 2.75) is 27.2 Å². The van der Waals surface area contributed by atoms with Crippen LogP contribution in [0.4, 0.5) is 0 Å². The average Bonchev–Trinajstić information content (AvgIpc) is 2.53. The summed E-state index contributed by atoms with van der Waals surface area (Å²) in [6.07, 6.45) is 0.481. The van der Waals surface area contributed by atoms with Crippen LogP contribution in [0.25, 0.3) is 0 Å². The first-order valence-corrected chi connectivity index (χ1v) is 7.13. The lowest BCUT2D eigenvalue weighted by atomic mass is 10.1. The number of likely N-dealkylation sites (N-methyl/N-ethyl adjacent to an activating group) is 1. The number of hydrogen-bond donors (Lipinski definition) is 1. The number of nitrogens with one attached hydrogen (secondary N) is 1. The molecule has 0 saturated heterocycles. The molecule has 108 valence electrons. The van der Waals surface area contributed by atoms with Gasteiger partial charge >= 0.3 is 0 Å². The lowest BCUT2D eigenvalue weighted by Crippen LogP contribution is -2.24. The molecule has 0 atom stereocenters. The van der Waals surface area contributed by atoms with E-state index in [1.165, 1.54) is 0 Å². The largest absolute Gasteiger partial charge is 0.356 e. The smallest absolute Gasteiger partial charge is 0.224 e. The standard InChI is InChI=1S/C10H13NO.C6H6.C2H6/c1-2-11-10(12)8-9-6-4-3-5-7-9;1-2-4-6-5-3-1;1-2/h3-7H,2,8H2,1H3,(H,11,12);1-6H;1-2H3. The van der Waals surface area contributed by atoms with Gasteiger partial charge in [0.25, 0.3) is 0 Å². The third-order valence-electron chi connectivity index (χ3n) is 2.25. The van der Waals surface area contributed by atoms with Crippen LogP contribution in [0.2, 0.25) is 0 Å². The van der Waals surface area contributed by atoms with Gasteiger partial charge in [-0.15, -0.1) is 0 Å². The van der Waals surface area contributed by atoms with Crippen LogP contribution in [0.15, 0.2) is 66.7 Å². The lowest BCUT2D eigenvalue weighted by Gasteiger charge is -2.00. The predicted molar refractivity (Wildman–Crippen MR) is 86.6 cm³/mol. The summed E-state index contributed by atoms with van der Waals surface area (Å²) >= 11 is 0. The normalized spacial score (nSPS) is 8.35. The summed E-state index contributed by atoms with van der Waals surface area (Å²) in [5.41, 5.74) is 1.06. The molecule has 2 aromatic carbocycles. The highest BCUT2D eigenvalue weighted by Gasteiger charge is 1.99. The minimum atomic E-state index is 0.0868. The quantitative estimate of drug-likeness (QED) is 0.895. The Morgan fingerprint density at radius 2 is 1.25 bits per heavy atom. The molecular formula is C18H25NO. The van der Waals surface area contributed by atoms with E-state index in [2.05, 4.69) is 5.32 Å². The van der Waals surface area contributed by atoms with Gasteiger partial charge in [0.05, 0.1) is 6.42 Å². The van der Waals surface area contributed by atoms with E-state index in [-0.39, 0.29) is 5.91 Å². The van der Waals surface area contributed by atoms with Gasteiger partial charge in [-0.1, -0.05) is 80.6 Å². The molecule has 2 aromatic rings. The maximum absolute atomic E-state index is 11.1. The Labute approximate surface area is 122 Å². The summed E-state index contributed by atoms with van der Waals surface area (Å²) in [7, 11) is 0. The van der Waals surface area contributed by atoms with E-state index in [0.717, 1.165) is 5.56 Å². The van der Waals surface area contributed by atoms with Gasteiger partial charge in [-0.2, -0.15) is 0 Å². The Kier molecular flexibility index (Phi) is 11.9. The van der Waals surface area contributed by atoms with Gasteiger partial charge < -0.3 is 5.32 Å². The Morgan fingerprint density at radius 1 is 0.850 bits per heavy atom. The minimum absolute atomic E-state index is 0.0868. The van der Waals surface area contributed by atoms with Crippen LogP contribution in [-0.2, 0) is 11.2 Å². The van der Waals surface area contributed by atoms with Gasteiger partial charge in [0.2, 0.25) is 5.91 Å². The fourth-order valence-corrected chi connectivity index (χ4v) is 1.43. The number of amides is 1. The number of carbonyl (C=O) groups is 1. The molecule has 0 heterocycles. The number of rotatable bonds is 3. The third-order valence-corrected chi connectivity index (χ3v) is 2.25. The maximum Gasteiger partial charge on any atom is 0.224 e. The molecule has 1 amide bonds. The van der Waals surface area contributed by atoms with Crippen LogP contribution in [0.3, 0.4) is 0 Å². The highest BCUT2D eigenvalue weighted by molar-refractivity contribution is 5.78. The van der Waals surface area contributed by atoms with Gasteiger partial charge in [-0.05, 0) is 12.5 Å². The maximum atomic E-state index is 11.1. The number of benzene rings is 2. The summed E-state index contributed by atoms with van der Waals surface area (Å²) in [6.45, 7) is 6.62. The second-order valence-corrected chi connectivity index (χ2v) is 3.77. The molecule has 1 N–H and O–H groups in total. The Balaban J connectivity index is 0.000000377. The summed E-state index contributed by atoms with van der Waals surface area (Å²) in [5, 5.41) is 2.76. The van der Waals surface area contributed by atoms with E-state index < -0.39 is 0 Å². The number of hydrogen-bond acceptors (Lipinski definition) is 1. The first-order valence-electron chi connectivity index (χ1n) is 7.13. The molecule has 0 aliphatic carbocycles. The fraction of sp³-hybridized carbons (Fsp3) is 0.278. The molecule has 0 aromatic heterocycles. The molecular weight excluding hydrogens is 246 g/mol. The Morgan fingerprint density at radius 3 is 1.65 bits per heavy atom. The predicted octanol–water partition coefficient (Wildman–Crippen LogP) is 4.08. The zero-order valence-corrected chi connectivity index (χ0v) is 12.7. The molecule has 2 nitrogen and oxygen atoms in total. The second-order valence-electron chi connectivity index (χ2n) is 3.77. The topological polar surface area (TPSA) is 29.1 Å². The molecule has 2 heteroatoms. The van der Waals surface area contributed by atoms with Crippen molar-refractivity contribution in [2.24, 2.45) is 0 Å². The van der Waals surface area contributed by atoms with Crippen molar-refractivity contribution in [3.05, 3.63) is 72.3 Å². The van der Waals surface area contributed by atoms with Crippen molar-refractivity contribution in [1.82, 2.24) is 5.32 Å². The molecule has 20 heavy (non-hydrogen) atoms. The van der Waals surface area contributed by atoms with Gasteiger partial charge in [-0.25, -0.2) is 0 Å². The molecule has 2 rings (SSSR count). The molecule has 0 saturated carbocycles. The van der Waals surface area contributed by atoms with Crippen molar-refractivity contribution >= 4 is 5.91 Å². The first kappa shape index (κ1) is 17.9. The highest BCUT2D eigenvalue weighted by Crippen LogP contribution is 1.98. The summed E-state index contributed by atoms with van der Waals surface area (Å²) in [6, 6.07) is 21.7. The van der Waals surface area contributed by atoms with Crippen LogP contribution < -0.4 is 5.32 Å². The Bertz CT molecular complexity index is 399. The van der Waals surface area contributed by atoms with Crippen molar-refractivity contribution in [3.8, 4) is 0 Å². The van der Waals surface area contributed by atoms with Crippen molar-refractivity contribution in [3.63, 3.8) is 0 Å². The highest BCUT2D eigenvalue weighted by atomic mass is 16.1. The first-order chi connectivity index (χ1) is 9.83. The van der Waals surface area contributed by atoms with E-state index >= 15 is 0 Å². The third kappa shape index (κ3) is 9.89. The molecule has 0 radical (unpaired) electrons. The van der Waals surface area contributed by atoms with Crippen LogP contribution in [0, 0.1) is 0 Å². The van der Waals surface area contributed by atoms with Gasteiger partial charge in [-0.3, -0.25) is 4.79 Å². The Hall–Kier alpha value is -2.09. The molecule has 0 bridgehead atoms. The zero-order valence-electron chi connectivity index (χ0n) is 12.7. The van der Waals surface area contributed by atoms with E-state index in [1.54, 1.807) is 0 Å². The second kappa shape index (κ2) is 13.3. The summed E-state index contributed by atoms with van der Waals surface area (Å²) < 4.78 is 0. The van der Waals surface area contributed by atoms with Crippen LogP contribution in [0.1, 0.15) is 26.3 Å². The van der Waals surface area contributed by atoms with Crippen LogP contribution in [-0.4, -0.2) is 12.5 Å². The van der Waals surface area contributed by atoms with Gasteiger partial charge in [0, 0.05) is 6.54 Å². The zero-order chi connectivity index (χ0) is 15.1. The molecule has 0 spiro atoms. The van der Waals surface area contributed by atoms with E-state index in [9.17, 15) is 4.79 Å². The monoisotopic (exact) mass is 271 g/mol. The van der Waals surface area contributed by atoms with Crippen molar-refractivity contribution < 1.29 is 4.79 Å². The van der Waals surface area contributed by atoms with Crippen molar-refractivity contribution in [1.29, 1.82) is 0 Å². The van der Waals surface area contributed by atoms with Crippen LogP contribution in [0.5, 0.6) is 0 Å². The van der Waals surface area contributed by atoms with Crippen molar-refractivity contribution in [2.75, 3.05) is 6.54 Å². The van der Waals surface area contributed by atoms with E-state index in [1.807, 2.05) is 87.5 Å². The average molecular weight is 271 g/mol. The summed E-state index contributed by atoms with van der Waals surface area (Å²) in [5.74, 6) is 0.0868. The fourth-order valence-electron chi connectivity index (χ4n) is 1.43. The molecule has 0 aliphatic rings. The summed E-state index contributed by atoms with van der Waals surface area (Å²) in [4.78, 5) is 11.1. The van der Waals surface area contributed by atoms with Gasteiger partial charge in [0.1, 0.15) is 0 Å². The molecule has 0 fully saturated rings. The van der Waals surface area contributed by atoms with Gasteiger partial charge in [0.15, 0.2) is 0 Å². The lowest BCUT2D eigenvalue weighted by molar-refractivity contribution is -0.120. The van der Waals surface area contributed by atoms with E-state index in [4.69, 9.17) is 0 Å². The molecule has 0 unspecified atom stereocenters. The van der Waals surface area contributed by atoms with Crippen LogP contribution >= 0.6 is 0 Å². The van der Waals surface area contributed by atoms with E-state index in [0.29, 0.717) is 13.0 Å². The SMILES string of the molecule is CC.CCNC(=O)Cc1ccccc1.c1ccccc1. The minimum Gasteiger partial charge on any atom is -0.356 e.